The lowest BCUT2D eigenvalue weighted by atomic mass is 10.1. The van der Waals surface area contributed by atoms with Crippen LogP contribution >= 0.6 is 0 Å². The summed E-state index contributed by atoms with van der Waals surface area (Å²) >= 11 is 0. The summed E-state index contributed by atoms with van der Waals surface area (Å²) in [6.07, 6.45) is 0.782. The van der Waals surface area contributed by atoms with E-state index >= 15 is 0 Å². The lowest BCUT2D eigenvalue weighted by Gasteiger charge is -2.20. The van der Waals surface area contributed by atoms with Crippen LogP contribution in [0.2, 0.25) is 0 Å². The quantitative estimate of drug-likeness (QED) is 0.715. The highest BCUT2D eigenvalue weighted by Gasteiger charge is 2.17. The standard InChI is InChI=1S/C17H20N2O3/c1-19(2)14-9-8-13(17(21)22)16(20)15(14)18-11-10-12-6-4-3-5-7-12/h3-9,18,20H,10-11H2,1-2H3,(H,21,22). The normalized spacial score (nSPS) is 10.3. The van der Waals surface area contributed by atoms with Crippen LogP contribution in [-0.4, -0.2) is 36.8 Å². The zero-order chi connectivity index (χ0) is 16.1. The number of rotatable bonds is 6. The molecule has 5 nitrogen and oxygen atoms in total. The molecule has 22 heavy (non-hydrogen) atoms. The zero-order valence-electron chi connectivity index (χ0n) is 12.7. The van der Waals surface area contributed by atoms with Crippen molar-refractivity contribution in [3.63, 3.8) is 0 Å². The van der Waals surface area contributed by atoms with E-state index in [1.54, 1.807) is 6.07 Å². The van der Waals surface area contributed by atoms with E-state index in [1.165, 1.54) is 11.6 Å². The first-order valence-corrected chi connectivity index (χ1v) is 7.05. The highest BCUT2D eigenvalue weighted by atomic mass is 16.4. The van der Waals surface area contributed by atoms with Gasteiger partial charge in [-0.3, -0.25) is 0 Å². The van der Waals surface area contributed by atoms with E-state index in [1.807, 2.05) is 49.3 Å². The first-order chi connectivity index (χ1) is 10.5. The van der Waals surface area contributed by atoms with Gasteiger partial charge in [-0.2, -0.15) is 0 Å². The van der Waals surface area contributed by atoms with Gasteiger partial charge in [-0.25, -0.2) is 4.79 Å². The van der Waals surface area contributed by atoms with Crippen molar-refractivity contribution in [1.29, 1.82) is 0 Å². The molecular formula is C17H20N2O3. The van der Waals surface area contributed by atoms with Crippen molar-refractivity contribution in [1.82, 2.24) is 0 Å². The Bertz CT molecular complexity index is 654. The summed E-state index contributed by atoms with van der Waals surface area (Å²) in [7, 11) is 3.69. The second-order valence-electron chi connectivity index (χ2n) is 5.22. The summed E-state index contributed by atoms with van der Waals surface area (Å²) in [5.41, 5.74) is 2.26. The van der Waals surface area contributed by atoms with Crippen LogP contribution in [-0.2, 0) is 6.42 Å². The minimum atomic E-state index is -1.14. The summed E-state index contributed by atoms with van der Waals surface area (Å²) in [5, 5.41) is 22.5. The van der Waals surface area contributed by atoms with Crippen molar-refractivity contribution >= 4 is 17.3 Å². The van der Waals surface area contributed by atoms with Gasteiger partial charge in [0.05, 0.1) is 5.69 Å². The van der Waals surface area contributed by atoms with Gasteiger partial charge in [-0.15, -0.1) is 0 Å². The summed E-state index contributed by atoms with van der Waals surface area (Å²) < 4.78 is 0. The van der Waals surface area contributed by atoms with Crippen molar-refractivity contribution in [3.05, 3.63) is 53.6 Å². The molecule has 0 aromatic heterocycles. The van der Waals surface area contributed by atoms with Gasteiger partial charge in [0, 0.05) is 20.6 Å². The number of hydrogen-bond acceptors (Lipinski definition) is 4. The molecule has 0 radical (unpaired) electrons. The lowest BCUT2D eigenvalue weighted by molar-refractivity contribution is 0.0694. The number of carboxylic acid groups (broad SMARTS) is 1. The van der Waals surface area contributed by atoms with E-state index < -0.39 is 5.97 Å². The minimum Gasteiger partial charge on any atom is -0.505 e. The highest BCUT2D eigenvalue weighted by Crippen LogP contribution is 2.36. The summed E-state index contributed by atoms with van der Waals surface area (Å²) in [6, 6.07) is 13.1. The molecule has 0 aliphatic rings. The van der Waals surface area contributed by atoms with Crippen LogP contribution in [0, 0.1) is 0 Å². The molecule has 0 amide bonds. The second-order valence-corrected chi connectivity index (χ2v) is 5.22. The third-order valence-electron chi connectivity index (χ3n) is 3.43. The summed E-state index contributed by atoms with van der Waals surface area (Å²) in [5.74, 6) is -1.37. The Hall–Kier alpha value is -2.69. The van der Waals surface area contributed by atoms with Gasteiger partial charge in [-0.1, -0.05) is 30.3 Å². The number of anilines is 2. The average molecular weight is 300 g/mol. The van der Waals surface area contributed by atoms with Crippen LogP contribution in [0.1, 0.15) is 15.9 Å². The molecule has 0 heterocycles. The van der Waals surface area contributed by atoms with Crippen molar-refractivity contribution in [2.75, 3.05) is 30.9 Å². The molecule has 2 rings (SSSR count). The summed E-state index contributed by atoms with van der Waals surface area (Å²) in [6.45, 7) is 0.599. The van der Waals surface area contributed by atoms with E-state index in [0.717, 1.165) is 12.1 Å². The maximum atomic E-state index is 11.1. The number of carboxylic acids is 1. The number of aromatic carboxylic acids is 1. The van der Waals surface area contributed by atoms with Crippen LogP contribution in [0.25, 0.3) is 0 Å². The molecule has 0 bridgehead atoms. The monoisotopic (exact) mass is 300 g/mol. The van der Waals surface area contributed by atoms with Gasteiger partial charge < -0.3 is 20.4 Å². The second kappa shape index (κ2) is 6.85. The smallest absolute Gasteiger partial charge is 0.339 e. The third-order valence-corrected chi connectivity index (χ3v) is 3.43. The van der Waals surface area contributed by atoms with Crippen molar-refractivity contribution in [3.8, 4) is 5.75 Å². The molecule has 0 saturated carbocycles. The van der Waals surface area contributed by atoms with Gasteiger partial charge in [0.2, 0.25) is 0 Å². The fourth-order valence-electron chi connectivity index (χ4n) is 2.28. The molecule has 0 atom stereocenters. The fourth-order valence-corrected chi connectivity index (χ4v) is 2.28. The Morgan fingerprint density at radius 2 is 1.82 bits per heavy atom. The van der Waals surface area contributed by atoms with Crippen molar-refractivity contribution in [2.24, 2.45) is 0 Å². The Morgan fingerprint density at radius 1 is 1.14 bits per heavy atom. The molecule has 0 aliphatic carbocycles. The molecule has 0 saturated heterocycles. The Balaban J connectivity index is 2.20. The molecule has 116 valence electrons. The molecule has 0 fully saturated rings. The molecule has 0 aliphatic heterocycles. The van der Waals surface area contributed by atoms with Gasteiger partial charge in [0.15, 0.2) is 5.75 Å². The summed E-state index contributed by atoms with van der Waals surface area (Å²) in [4.78, 5) is 13.0. The van der Waals surface area contributed by atoms with E-state index in [4.69, 9.17) is 5.11 Å². The molecule has 0 spiro atoms. The van der Waals surface area contributed by atoms with Crippen LogP contribution in [0.15, 0.2) is 42.5 Å². The van der Waals surface area contributed by atoms with Crippen molar-refractivity contribution < 1.29 is 15.0 Å². The number of phenols is 1. The minimum absolute atomic E-state index is 0.104. The van der Waals surface area contributed by atoms with E-state index in [2.05, 4.69) is 5.32 Å². The van der Waals surface area contributed by atoms with Crippen molar-refractivity contribution in [2.45, 2.75) is 6.42 Å². The number of nitrogens with zero attached hydrogens (tertiary/aromatic N) is 1. The third kappa shape index (κ3) is 3.49. The maximum Gasteiger partial charge on any atom is 0.339 e. The van der Waals surface area contributed by atoms with Crippen LogP contribution in [0.4, 0.5) is 11.4 Å². The van der Waals surface area contributed by atoms with E-state index in [9.17, 15) is 9.90 Å². The zero-order valence-corrected chi connectivity index (χ0v) is 12.7. The molecule has 2 aromatic rings. The number of benzene rings is 2. The Kier molecular flexibility index (Phi) is 4.88. The van der Waals surface area contributed by atoms with Crippen LogP contribution < -0.4 is 10.2 Å². The maximum absolute atomic E-state index is 11.1. The van der Waals surface area contributed by atoms with Crippen LogP contribution in [0.3, 0.4) is 0 Å². The molecule has 5 heteroatoms. The number of nitrogens with one attached hydrogen (secondary N) is 1. The Labute approximate surface area is 129 Å². The van der Waals surface area contributed by atoms with Crippen LogP contribution in [0.5, 0.6) is 5.75 Å². The molecular weight excluding hydrogens is 280 g/mol. The molecule has 2 aromatic carbocycles. The number of aromatic hydroxyl groups is 1. The predicted octanol–water partition coefficient (Wildman–Crippen LogP) is 2.81. The SMILES string of the molecule is CN(C)c1ccc(C(=O)O)c(O)c1NCCc1ccccc1. The lowest BCUT2D eigenvalue weighted by Crippen LogP contribution is -2.15. The van der Waals surface area contributed by atoms with E-state index in [-0.39, 0.29) is 11.3 Å². The van der Waals surface area contributed by atoms with Gasteiger partial charge in [0.1, 0.15) is 11.3 Å². The first-order valence-electron chi connectivity index (χ1n) is 7.05. The van der Waals surface area contributed by atoms with Gasteiger partial charge in [-0.05, 0) is 24.1 Å². The largest absolute Gasteiger partial charge is 0.505 e. The van der Waals surface area contributed by atoms with Gasteiger partial charge in [0.25, 0.3) is 0 Å². The predicted molar refractivity (Wildman–Crippen MR) is 88.0 cm³/mol. The molecule has 3 N–H and O–H groups in total. The van der Waals surface area contributed by atoms with Gasteiger partial charge >= 0.3 is 5.97 Å². The number of carbonyl (C=O) groups is 1. The fraction of sp³-hybridized carbons (Fsp3) is 0.235. The van der Waals surface area contributed by atoms with E-state index in [0.29, 0.717) is 12.2 Å². The Morgan fingerprint density at radius 3 is 2.41 bits per heavy atom. The number of hydrogen-bond donors (Lipinski definition) is 3. The first kappa shape index (κ1) is 15.7. The topological polar surface area (TPSA) is 72.8 Å². The molecule has 0 unspecified atom stereocenters. The highest BCUT2D eigenvalue weighted by molar-refractivity contribution is 5.96. The average Bonchev–Trinajstić information content (AvgIpc) is 2.49.